The van der Waals surface area contributed by atoms with Crippen molar-refractivity contribution in [1.82, 2.24) is 5.32 Å². The van der Waals surface area contributed by atoms with E-state index >= 15 is 0 Å². The van der Waals surface area contributed by atoms with E-state index < -0.39 is 23.2 Å². The Morgan fingerprint density at radius 1 is 1.44 bits per heavy atom. The molecule has 27 heavy (non-hydrogen) atoms. The van der Waals surface area contributed by atoms with Crippen LogP contribution in [-0.4, -0.2) is 30.7 Å². The molecule has 1 saturated heterocycles. The minimum absolute atomic E-state index is 0.00688. The average Bonchev–Trinajstić information content (AvgIpc) is 2.95. The third kappa shape index (κ3) is 4.86. The molecule has 0 spiro atoms. The van der Waals surface area contributed by atoms with Crippen LogP contribution in [-0.2, 0) is 14.3 Å². The van der Waals surface area contributed by atoms with Gasteiger partial charge in [0.05, 0.1) is 12.8 Å². The summed E-state index contributed by atoms with van der Waals surface area (Å²) < 4.78 is 19.4. The summed E-state index contributed by atoms with van der Waals surface area (Å²) in [7, 11) is 1.37. The number of allylic oxidation sites excluding steroid dienone is 1. The van der Waals surface area contributed by atoms with E-state index in [0.717, 1.165) is 11.0 Å². The molecule has 8 heteroatoms. The van der Waals surface area contributed by atoms with Gasteiger partial charge in [0.15, 0.2) is 5.88 Å². The van der Waals surface area contributed by atoms with Crippen molar-refractivity contribution in [3.05, 3.63) is 41.0 Å². The number of halogens is 2. The van der Waals surface area contributed by atoms with Crippen LogP contribution in [0.4, 0.5) is 10.1 Å². The first-order valence-corrected chi connectivity index (χ1v) is 8.85. The molecule has 0 unspecified atom stereocenters. The second kappa shape index (κ2) is 8.08. The Labute approximate surface area is 162 Å². The molecule has 0 radical (unpaired) electrons. The van der Waals surface area contributed by atoms with Crippen LogP contribution in [0.15, 0.2) is 30.2 Å². The molecule has 0 aliphatic carbocycles. The van der Waals surface area contributed by atoms with Crippen LogP contribution in [0, 0.1) is 16.6 Å². The molecular weight excluding hydrogens is 373 g/mol. The minimum atomic E-state index is -0.879. The summed E-state index contributed by atoms with van der Waals surface area (Å²) in [5.41, 5.74) is -0.147. The highest BCUT2D eigenvalue weighted by Crippen LogP contribution is 2.30. The van der Waals surface area contributed by atoms with Crippen LogP contribution >= 0.6 is 11.6 Å². The molecule has 1 atom stereocenters. The van der Waals surface area contributed by atoms with Gasteiger partial charge in [0.1, 0.15) is 11.9 Å². The third-order valence-corrected chi connectivity index (χ3v) is 4.47. The number of carbonyl (C=O) groups is 2. The Morgan fingerprint density at radius 3 is 2.67 bits per heavy atom. The Hall–Kier alpha value is -2.41. The Kier molecular flexibility index (Phi) is 6.26. The molecule has 6 nitrogen and oxygen atoms in total. The fraction of sp³-hybridized carbons (Fsp3) is 0.421. The number of rotatable bonds is 5. The average molecular weight is 396 g/mol. The molecule has 0 aromatic heterocycles. The van der Waals surface area contributed by atoms with Crippen LogP contribution in [0.2, 0.25) is 5.02 Å². The monoisotopic (exact) mass is 395 g/mol. The fourth-order valence-electron chi connectivity index (χ4n) is 2.61. The van der Waals surface area contributed by atoms with Gasteiger partial charge in [0.25, 0.3) is 0 Å². The van der Waals surface area contributed by atoms with Crippen molar-refractivity contribution < 1.29 is 18.7 Å². The molecule has 1 aromatic carbocycles. The zero-order chi connectivity index (χ0) is 20.4. The van der Waals surface area contributed by atoms with Crippen LogP contribution in [0.1, 0.15) is 33.6 Å². The van der Waals surface area contributed by atoms with E-state index in [9.17, 15) is 14.0 Å². The number of nitrogens with one attached hydrogen (secondary N) is 2. The lowest BCUT2D eigenvalue weighted by molar-refractivity contribution is -0.124. The highest BCUT2D eigenvalue weighted by molar-refractivity contribution is 6.30. The van der Waals surface area contributed by atoms with Crippen molar-refractivity contribution in [2.75, 3.05) is 12.0 Å². The SMILES string of the molecule is CO/C(=C\C(=N)C(C)(C)C)NC(=O)[C@@H]1CCC(=O)N1c1ccc(Cl)cc1F. The minimum Gasteiger partial charge on any atom is -0.482 e. The Morgan fingerprint density at radius 2 is 2.11 bits per heavy atom. The largest absolute Gasteiger partial charge is 0.482 e. The maximum Gasteiger partial charge on any atom is 0.249 e. The van der Waals surface area contributed by atoms with Gasteiger partial charge in [0.2, 0.25) is 11.8 Å². The molecule has 0 saturated carbocycles. The molecule has 2 amide bonds. The molecule has 1 aromatic rings. The second-order valence-electron chi connectivity index (χ2n) is 7.28. The number of nitrogens with zero attached hydrogens (tertiary/aromatic N) is 1. The van der Waals surface area contributed by atoms with Crippen molar-refractivity contribution in [2.24, 2.45) is 5.41 Å². The fourth-order valence-corrected chi connectivity index (χ4v) is 2.77. The van der Waals surface area contributed by atoms with E-state index in [4.69, 9.17) is 21.7 Å². The Bertz CT molecular complexity index is 802. The van der Waals surface area contributed by atoms with Gasteiger partial charge < -0.3 is 10.1 Å². The van der Waals surface area contributed by atoms with E-state index in [-0.39, 0.29) is 41.1 Å². The van der Waals surface area contributed by atoms with E-state index in [1.54, 1.807) is 0 Å². The van der Waals surface area contributed by atoms with Gasteiger partial charge in [-0.2, -0.15) is 0 Å². The smallest absolute Gasteiger partial charge is 0.249 e. The lowest BCUT2D eigenvalue weighted by Crippen LogP contribution is -2.45. The summed E-state index contributed by atoms with van der Waals surface area (Å²) in [6.45, 7) is 5.59. The van der Waals surface area contributed by atoms with E-state index in [1.807, 2.05) is 20.8 Å². The van der Waals surface area contributed by atoms with Gasteiger partial charge in [-0.15, -0.1) is 0 Å². The normalized spacial score (nSPS) is 17.9. The van der Waals surface area contributed by atoms with Gasteiger partial charge >= 0.3 is 0 Å². The first-order chi connectivity index (χ1) is 12.5. The van der Waals surface area contributed by atoms with E-state index in [0.29, 0.717) is 0 Å². The summed E-state index contributed by atoms with van der Waals surface area (Å²) in [6, 6.07) is 3.06. The van der Waals surface area contributed by atoms with E-state index in [2.05, 4.69) is 5.32 Å². The maximum atomic E-state index is 14.3. The number of hydrogen-bond donors (Lipinski definition) is 2. The summed E-state index contributed by atoms with van der Waals surface area (Å²) in [5.74, 6) is -1.44. The molecule has 1 aliphatic rings. The van der Waals surface area contributed by atoms with Gasteiger partial charge in [0, 0.05) is 28.6 Å². The number of methoxy groups -OCH3 is 1. The summed E-state index contributed by atoms with van der Waals surface area (Å²) >= 11 is 5.76. The molecule has 1 heterocycles. The van der Waals surface area contributed by atoms with E-state index in [1.165, 1.54) is 25.3 Å². The zero-order valence-corrected chi connectivity index (χ0v) is 16.5. The topological polar surface area (TPSA) is 82.5 Å². The standard InChI is InChI=1S/C19H23ClFN3O3/c1-19(2,3)15(22)10-16(27-4)23-18(26)14-7-8-17(25)24(14)13-6-5-11(20)9-12(13)21/h5-6,9-10,14,22H,7-8H2,1-4H3,(H,23,26)/b16-10-,22-15?/t14-/m0/s1. The highest BCUT2D eigenvalue weighted by Gasteiger charge is 2.38. The van der Waals surface area contributed by atoms with Crippen molar-refractivity contribution >= 4 is 34.8 Å². The van der Waals surface area contributed by atoms with Gasteiger partial charge in [-0.1, -0.05) is 32.4 Å². The number of benzene rings is 1. The lowest BCUT2D eigenvalue weighted by atomic mass is 9.90. The number of carbonyl (C=O) groups excluding carboxylic acids is 2. The second-order valence-corrected chi connectivity index (χ2v) is 7.72. The number of amides is 2. The summed E-state index contributed by atoms with van der Waals surface area (Å²) in [5, 5.41) is 10.8. The first-order valence-electron chi connectivity index (χ1n) is 8.47. The number of anilines is 1. The van der Waals surface area contributed by atoms with Gasteiger partial charge in [-0.3, -0.25) is 19.8 Å². The third-order valence-electron chi connectivity index (χ3n) is 4.23. The highest BCUT2D eigenvalue weighted by atomic mass is 35.5. The molecule has 2 rings (SSSR count). The molecule has 146 valence electrons. The number of ether oxygens (including phenoxy) is 1. The predicted octanol–water partition coefficient (Wildman–Crippen LogP) is 3.64. The van der Waals surface area contributed by atoms with Crippen molar-refractivity contribution in [1.29, 1.82) is 5.41 Å². The van der Waals surface area contributed by atoms with Crippen LogP contribution in [0.5, 0.6) is 0 Å². The van der Waals surface area contributed by atoms with Crippen molar-refractivity contribution in [2.45, 2.75) is 39.7 Å². The molecule has 0 bridgehead atoms. The lowest BCUT2D eigenvalue weighted by Gasteiger charge is -2.25. The molecular formula is C19H23ClFN3O3. The molecule has 1 aliphatic heterocycles. The van der Waals surface area contributed by atoms with Crippen LogP contribution < -0.4 is 10.2 Å². The van der Waals surface area contributed by atoms with Crippen molar-refractivity contribution in [3.63, 3.8) is 0 Å². The zero-order valence-electron chi connectivity index (χ0n) is 15.7. The predicted molar refractivity (Wildman–Crippen MR) is 102 cm³/mol. The summed E-state index contributed by atoms with van der Waals surface area (Å²) in [4.78, 5) is 26.1. The maximum absolute atomic E-state index is 14.3. The Balaban J connectivity index is 2.24. The quantitative estimate of drug-likeness (QED) is 0.589. The van der Waals surface area contributed by atoms with Gasteiger partial charge in [-0.05, 0) is 24.6 Å². The summed E-state index contributed by atoms with van der Waals surface area (Å²) in [6.07, 6.45) is 1.80. The van der Waals surface area contributed by atoms with Gasteiger partial charge in [-0.25, -0.2) is 4.39 Å². The first kappa shape index (κ1) is 20.9. The molecule has 2 N–H and O–H groups in total. The van der Waals surface area contributed by atoms with Crippen molar-refractivity contribution in [3.8, 4) is 0 Å². The van der Waals surface area contributed by atoms with Crippen LogP contribution in [0.3, 0.4) is 0 Å². The molecule has 1 fully saturated rings. The van der Waals surface area contributed by atoms with Crippen LogP contribution in [0.25, 0.3) is 0 Å². The number of hydrogen-bond acceptors (Lipinski definition) is 4.